The highest BCUT2D eigenvalue weighted by molar-refractivity contribution is 7.09. The van der Waals surface area contributed by atoms with Crippen molar-refractivity contribution in [3.63, 3.8) is 0 Å². The summed E-state index contributed by atoms with van der Waals surface area (Å²) in [4.78, 5) is 28.2. The van der Waals surface area contributed by atoms with Crippen LogP contribution in [0.5, 0.6) is 5.75 Å². The number of halogens is 1. The van der Waals surface area contributed by atoms with Crippen LogP contribution in [0.2, 0.25) is 5.02 Å². The molecule has 0 aliphatic rings. The standard InChI is InChI=1S/C22H19ClN2O4S/c1-14-24-17(13-30-14)12-29-18-7-3-15(4-8-18)5-10-21(26)25-20-11-16(22(27)28-2)6-9-19(20)23/h3-11,13H,12H2,1-2H3,(H,25,26)/b10-5+. The maximum absolute atomic E-state index is 12.2. The summed E-state index contributed by atoms with van der Waals surface area (Å²) >= 11 is 7.68. The molecule has 0 atom stereocenters. The van der Waals surface area contributed by atoms with Gasteiger partial charge in [0.25, 0.3) is 0 Å². The largest absolute Gasteiger partial charge is 0.487 e. The van der Waals surface area contributed by atoms with Gasteiger partial charge in [0, 0.05) is 11.5 Å². The molecule has 0 unspecified atom stereocenters. The summed E-state index contributed by atoms with van der Waals surface area (Å²) in [7, 11) is 1.29. The Bertz CT molecular complexity index is 1080. The van der Waals surface area contributed by atoms with Crippen LogP contribution in [0, 0.1) is 6.92 Å². The number of methoxy groups -OCH3 is 1. The number of thiazole rings is 1. The number of amides is 1. The summed E-state index contributed by atoms with van der Waals surface area (Å²) in [5.41, 5.74) is 2.35. The van der Waals surface area contributed by atoms with Crippen LogP contribution in [-0.4, -0.2) is 24.0 Å². The number of nitrogens with zero attached hydrogens (tertiary/aromatic N) is 1. The predicted octanol–water partition coefficient (Wildman–Crippen LogP) is 5.12. The van der Waals surface area contributed by atoms with Gasteiger partial charge in [-0.25, -0.2) is 9.78 Å². The van der Waals surface area contributed by atoms with E-state index in [1.54, 1.807) is 17.4 Å². The molecule has 0 saturated carbocycles. The smallest absolute Gasteiger partial charge is 0.337 e. The summed E-state index contributed by atoms with van der Waals surface area (Å²) in [6.07, 6.45) is 3.05. The van der Waals surface area contributed by atoms with Crippen LogP contribution in [0.4, 0.5) is 5.69 Å². The first-order chi connectivity index (χ1) is 14.4. The molecule has 0 spiro atoms. The zero-order chi connectivity index (χ0) is 21.5. The molecule has 30 heavy (non-hydrogen) atoms. The van der Waals surface area contributed by atoms with Crippen LogP contribution in [0.25, 0.3) is 6.08 Å². The van der Waals surface area contributed by atoms with Gasteiger partial charge >= 0.3 is 5.97 Å². The Kier molecular flexibility index (Phi) is 7.21. The van der Waals surface area contributed by atoms with Crippen molar-refractivity contribution < 1.29 is 19.1 Å². The van der Waals surface area contributed by atoms with Crippen molar-refractivity contribution in [3.8, 4) is 5.75 Å². The van der Waals surface area contributed by atoms with E-state index in [0.717, 1.165) is 16.3 Å². The summed E-state index contributed by atoms with van der Waals surface area (Å²) in [6.45, 7) is 2.36. The molecule has 1 heterocycles. The lowest BCUT2D eigenvalue weighted by atomic mass is 10.2. The third-order valence-electron chi connectivity index (χ3n) is 4.01. The Morgan fingerprint density at radius 2 is 1.97 bits per heavy atom. The van der Waals surface area contributed by atoms with Crippen molar-refractivity contribution in [1.82, 2.24) is 4.98 Å². The van der Waals surface area contributed by atoms with E-state index in [9.17, 15) is 9.59 Å². The van der Waals surface area contributed by atoms with Crippen molar-refractivity contribution in [3.05, 3.63) is 80.8 Å². The normalized spacial score (nSPS) is 10.8. The Morgan fingerprint density at radius 1 is 1.20 bits per heavy atom. The van der Waals surface area contributed by atoms with E-state index in [1.807, 2.05) is 36.6 Å². The van der Waals surface area contributed by atoms with Gasteiger partial charge in [0.1, 0.15) is 12.4 Å². The lowest BCUT2D eigenvalue weighted by Crippen LogP contribution is -2.09. The maximum Gasteiger partial charge on any atom is 0.337 e. The number of ether oxygens (including phenoxy) is 2. The second-order valence-electron chi connectivity index (χ2n) is 6.22. The van der Waals surface area contributed by atoms with Gasteiger partial charge in [0.2, 0.25) is 5.91 Å². The van der Waals surface area contributed by atoms with Crippen molar-refractivity contribution >= 4 is 46.6 Å². The second kappa shape index (κ2) is 10.0. The SMILES string of the molecule is COC(=O)c1ccc(Cl)c(NC(=O)/C=C/c2ccc(OCc3csc(C)n3)cc2)c1. The van der Waals surface area contributed by atoms with Crippen LogP contribution >= 0.6 is 22.9 Å². The number of rotatable bonds is 7. The Hall–Kier alpha value is -3.16. The predicted molar refractivity (Wildman–Crippen MR) is 118 cm³/mol. The minimum Gasteiger partial charge on any atom is -0.487 e. The molecule has 1 amide bonds. The molecule has 1 N–H and O–H groups in total. The number of anilines is 1. The molecule has 6 nitrogen and oxygen atoms in total. The van der Waals surface area contributed by atoms with Crippen LogP contribution in [-0.2, 0) is 16.1 Å². The Morgan fingerprint density at radius 3 is 2.63 bits per heavy atom. The van der Waals surface area contributed by atoms with Gasteiger partial charge in [0.05, 0.1) is 34.1 Å². The highest BCUT2D eigenvalue weighted by Crippen LogP contribution is 2.23. The van der Waals surface area contributed by atoms with Gasteiger partial charge in [-0.15, -0.1) is 11.3 Å². The first kappa shape index (κ1) is 21.5. The number of nitrogens with one attached hydrogen (secondary N) is 1. The van der Waals surface area contributed by atoms with Gasteiger partial charge < -0.3 is 14.8 Å². The topological polar surface area (TPSA) is 77.5 Å². The average Bonchev–Trinajstić information content (AvgIpc) is 3.17. The second-order valence-corrected chi connectivity index (χ2v) is 7.69. The monoisotopic (exact) mass is 442 g/mol. The molecule has 0 bridgehead atoms. The van der Waals surface area contributed by atoms with Crippen molar-refractivity contribution in [2.45, 2.75) is 13.5 Å². The van der Waals surface area contributed by atoms with Crippen molar-refractivity contribution in [1.29, 1.82) is 0 Å². The molecule has 3 rings (SSSR count). The summed E-state index contributed by atoms with van der Waals surface area (Å²) in [6, 6.07) is 11.9. The number of hydrogen-bond donors (Lipinski definition) is 1. The molecule has 0 saturated heterocycles. The van der Waals surface area contributed by atoms with Crippen LogP contribution in [0.1, 0.15) is 26.6 Å². The van der Waals surface area contributed by atoms with E-state index in [-0.39, 0.29) is 5.91 Å². The average molecular weight is 443 g/mol. The molecule has 1 aromatic heterocycles. The van der Waals surface area contributed by atoms with E-state index in [4.69, 9.17) is 16.3 Å². The van der Waals surface area contributed by atoms with Crippen LogP contribution in [0.15, 0.2) is 53.9 Å². The van der Waals surface area contributed by atoms with Crippen molar-refractivity contribution in [2.24, 2.45) is 0 Å². The molecule has 0 radical (unpaired) electrons. The van der Waals surface area contributed by atoms with E-state index in [1.165, 1.54) is 31.4 Å². The van der Waals surface area contributed by atoms with Crippen LogP contribution in [0.3, 0.4) is 0 Å². The van der Waals surface area contributed by atoms with Crippen molar-refractivity contribution in [2.75, 3.05) is 12.4 Å². The fourth-order valence-electron chi connectivity index (χ4n) is 2.52. The molecule has 0 aliphatic carbocycles. The fraction of sp³-hybridized carbons (Fsp3) is 0.136. The lowest BCUT2D eigenvalue weighted by Gasteiger charge is -2.07. The number of aromatic nitrogens is 1. The molecule has 3 aromatic rings. The van der Waals surface area contributed by atoms with E-state index >= 15 is 0 Å². The minimum absolute atomic E-state index is 0.296. The fourth-order valence-corrected chi connectivity index (χ4v) is 3.28. The number of carbonyl (C=O) groups is 2. The zero-order valence-corrected chi connectivity index (χ0v) is 17.9. The number of benzene rings is 2. The van der Waals surface area contributed by atoms with Gasteiger partial charge in [-0.3, -0.25) is 4.79 Å². The first-order valence-electron chi connectivity index (χ1n) is 8.95. The Labute approximate surface area is 183 Å². The quantitative estimate of drug-likeness (QED) is 0.405. The molecular weight excluding hydrogens is 424 g/mol. The molecule has 2 aromatic carbocycles. The zero-order valence-electron chi connectivity index (χ0n) is 16.3. The lowest BCUT2D eigenvalue weighted by molar-refractivity contribution is -0.111. The van der Waals surface area contributed by atoms with Gasteiger partial charge in [-0.2, -0.15) is 0 Å². The van der Waals surface area contributed by atoms with E-state index in [0.29, 0.717) is 28.6 Å². The highest BCUT2D eigenvalue weighted by atomic mass is 35.5. The summed E-state index contributed by atoms with van der Waals surface area (Å²) in [5, 5.41) is 5.95. The molecule has 154 valence electrons. The number of esters is 1. The highest BCUT2D eigenvalue weighted by Gasteiger charge is 2.10. The van der Waals surface area contributed by atoms with Gasteiger partial charge in [0.15, 0.2) is 0 Å². The molecule has 0 fully saturated rings. The summed E-state index contributed by atoms with van der Waals surface area (Å²) < 4.78 is 10.4. The molecular formula is C22H19ClN2O4S. The Balaban J connectivity index is 1.57. The molecule has 0 aliphatic heterocycles. The van der Waals surface area contributed by atoms with Gasteiger partial charge in [-0.05, 0) is 48.9 Å². The van der Waals surface area contributed by atoms with Crippen LogP contribution < -0.4 is 10.1 Å². The summed E-state index contributed by atoms with van der Waals surface area (Å²) in [5.74, 6) is -0.170. The third-order valence-corrected chi connectivity index (χ3v) is 5.16. The number of aryl methyl sites for hydroxylation is 1. The van der Waals surface area contributed by atoms with E-state index in [2.05, 4.69) is 15.0 Å². The number of hydrogen-bond acceptors (Lipinski definition) is 6. The molecule has 8 heteroatoms. The third kappa shape index (κ3) is 5.92. The maximum atomic E-state index is 12.2. The van der Waals surface area contributed by atoms with E-state index < -0.39 is 5.97 Å². The minimum atomic E-state index is -0.509. The first-order valence-corrected chi connectivity index (χ1v) is 10.2. The van der Waals surface area contributed by atoms with Gasteiger partial charge in [-0.1, -0.05) is 23.7 Å². The number of carbonyl (C=O) groups excluding carboxylic acids is 2.